The molecule has 0 spiro atoms. The van der Waals surface area contributed by atoms with Crippen LogP contribution in [0.3, 0.4) is 0 Å². The molecule has 2 N–H and O–H groups in total. The molecule has 1 heterocycles. The van der Waals surface area contributed by atoms with E-state index in [1.807, 2.05) is 18.2 Å². The molecule has 0 saturated heterocycles. The Morgan fingerprint density at radius 2 is 1.76 bits per heavy atom. The van der Waals surface area contributed by atoms with Gasteiger partial charge in [-0.2, -0.15) is 4.98 Å². The van der Waals surface area contributed by atoms with Gasteiger partial charge in [-0.1, -0.05) is 0 Å². The van der Waals surface area contributed by atoms with Crippen molar-refractivity contribution in [1.82, 2.24) is 15.3 Å². The second kappa shape index (κ2) is 10.9. The Labute approximate surface area is 202 Å². The van der Waals surface area contributed by atoms with E-state index in [1.165, 1.54) is 24.1 Å². The zero-order chi connectivity index (χ0) is 24.1. The normalized spacial score (nSPS) is 19.6. The first-order chi connectivity index (χ1) is 16.5. The van der Waals surface area contributed by atoms with Gasteiger partial charge in [-0.15, -0.1) is 0 Å². The molecule has 0 bridgehead atoms. The molecule has 0 radical (unpaired) electrons. The van der Waals surface area contributed by atoms with Crippen molar-refractivity contribution in [1.29, 1.82) is 0 Å². The molecule has 0 atom stereocenters. The summed E-state index contributed by atoms with van der Waals surface area (Å²) < 4.78 is 10.7. The fraction of sp³-hybridized carbons (Fsp3) is 0.577. The van der Waals surface area contributed by atoms with Crippen LogP contribution in [0.5, 0.6) is 11.5 Å². The fourth-order valence-corrected chi connectivity index (χ4v) is 5.05. The van der Waals surface area contributed by atoms with Gasteiger partial charge in [-0.3, -0.25) is 4.79 Å². The number of benzene rings is 1. The monoisotopic (exact) mass is 467 g/mol. The lowest BCUT2D eigenvalue weighted by molar-refractivity contribution is -0.121. The molecule has 1 fully saturated rings. The van der Waals surface area contributed by atoms with E-state index < -0.39 is 0 Å². The van der Waals surface area contributed by atoms with Crippen molar-refractivity contribution in [3.63, 3.8) is 0 Å². The van der Waals surface area contributed by atoms with Crippen LogP contribution < -0.4 is 25.0 Å². The highest BCUT2D eigenvalue weighted by atomic mass is 16.5. The van der Waals surface area contributed by atoms with Crippen LogP contribution in [0.1, 0.15) is 55.3 Å². The number of aromatic nitrogens is 2. The van der Waals surface area contributed by atoms with Crippen molar-refractivity contribution in [2.24, 2.45) is 0 Å². The molecule has 8 nitrogen and oxygen atoms in total. The van der Waals surface area contributed by atoms with E-state index in [9.17, 15) is 4.79 Å². The van der Waals surface area contributed by atoms with Crippen LogP contribution in [0, 0.1) is 0 Å². The van der Waals surface area contributed by atoms with E-state index in [-0.39, 0.29) is 18.4 Å². The van der Waals surface area contributed by atoms with Crippen LogP contribution in [0.2, 0.25) is 0 Å². The summed E-state index contributed by atoms with van der Waals surface area (Å²) in [7, 11) is 7.34. The summed E-state index contributed by atoms with van der Waals surface area (Å²) in [6, 6.07) is 6.04. The van der Waals surface area contributed by atoms with Crippen LogP contribution in [-0.2, 0) is 24.1 Å². The number of aryl methyl sites for hydroxylation is 1. The van der Waals surface area contributed by atoms with Gasteiger partial charge < -0.3 is 25.0 Å². The van der Waals surface area contributed by atoms with E-state index >= 15 is 0 Å². The van der Waals surface area contributed by atoms with Crippen molar-refractivity contribution in [3.8, 4) is 11.5 Å². The van der Waals surface area contributed by atoms with Crippen LogP contribution in [0.15, 0.2) is 18.2 Å². The van der Waals surface area contributed by atoms with Crippen LogP contribution in [0.25, 0.3) is 0 Å². The molecule has 2 aromatic rings. The third-order valence-electron chi connectivity index (χ3n) is 6.85. The summed E-state index contributed by atoms with van der Waals surface area (Å²) in [5.41, 5.74) is 3.33. The largest absolute Gasteiger partial charge is 0.497 e. The molecule has 184 valence electrons. The van der Waals surface area contributed by atoms with Gasteiger partial charge in [0.2, 0.25) is 11.9 Å². The lowest BCUT2D eigenvalue weighted by Gasteiger charge is -2.30. The summed E-state index contributed by atoms with van der Waals surface area (Å²) in [4.78, 5) is 24.5. The van der Waals surface area contributed by atoms with Crippen molar-refractivity contribution in [2.45, 2.75) is 69.9 Å². The average molecular weight is 468 g/mol. The fourth-order valence-electron chi connectivity index (χ4n) is 5.05. The van der Waals surface area contributed by atoms with E-state index in [0.717, 1.165) is 61.6 Å². The number of carbonyl (C=O) groups is 1. The highest BCUT2D eigenvalue weighted by Crippen LogP contribution is 2.30. The molecule has 8 heteroatoms. The average Bonchev–Trinajstić information content (AvgIpc) is 2.84. The van der Waals surface area contributed by atoms with E-state index in [2.05, 4.69) is 29.6 Å². The van der Waals surface area contributed by atoms with Gasteiger partial charge in [0.25, 0.3) is 0 Å². The van der Waals surface area contributed by atoms with E-state index in [1.54, 1.807) is 14.2 Å². The summed E-state index contributed by atoms with van der Waals surface area (Å²) >= 11 is 0. The molecule has 1 aromatic carbocycles. The van der Waals surface area contributed by atoms with Crippen molar-refractivity contribution in [2.75, 3.05) is 38.5 Å². The number of hydrogen-bond donors (Lipinski definition) is 2. The number of fused-ring (bicyclic) bond motifs is 1. The lowest BCUT2D eigenvalue weighted by atomic mass is 9.91. The summed E-state index contributed by atoms with van der Waals surface area (Å²) in [5.74, 6) is 3.21. The van der Waals surface area contributed by atoms with Gasteiger partial charge in [0.1, 0.15) is 17.3 Å². The minimum Gasteiger partial charge on any atom is -0.497 e. The molecular weight excluding hydrogens is 430 g/mol. The Morgan fingerprint density at radius 3 is 2.47 bits per heavy atom. The number of nitrogens with one attached hydrogen (secondary N) is 2. The maximum Gasteiger partial charge on any atom is 0.225 e. The quantitative estimate of drug-likeness (QED) is 0.614. The number of hydrogen-bond acceptors (Lipinski definition) is 7. The first-order valence-corrected chi connectivity index (χ1v) is 12.3. The van der Waals surface area contributed by atoms with Crippen LogP contribution >= 0.6 is 0 Å². The van der Waals surface area contributed by atoms with Crippen molar-refractivity contribution >= 4 is 17.7 Å². The lowest BCUT2D eigenvalue weighted by Crippen LogP contribution is -2.41. The smallest absolute Gasteiger partial charge is 0.225 e. The predicted molar refractivity (Wildman–Crippen MR) is 134 cm³/mol. The standard InChI is InChI=1S/C26H37N5O3/c1-31(2)25-21-7-5-6-8-22(21)29-26(30-25)28-19-11-9-18(10-12-19)27-24(32)16-17-15-20(33-3)13-14-23(17)34-4/h13-15,18-19H,5-12,16H2,1-4H3,(H,27,32)(H,28,29,30). The van der Waals surface area contributed by atoms with Gasteiger partial charge in [-0.05, 0) is 69.6 Å². The molecule has 0 unspecified atom stereocenters. The second-order valence-corrected chi connectivity index (χ2v) is 9.51. The van der Waals surface area contributed by atoms with Gasteiger partial charge in [0.05, 0.1) is 26.3 Å². The topological polar surface area (TPSA) is 88.6 Å². The Bertz CT molecular complexity index is 1000. The number of methoxy groups -OCH3 is 2. The third kappa shape index (κ3) is 5.72. The molecule has 1 amide bonds. The highest BCUT2D eigenvalue weighted by Gasteiger charge is 2.25. The molecule has 1 aromatic heterocycles. The Morgan fingerprint density at radius 1 is 1.03 bits per heavy atom. The molecule has 2 aliphatic carbocycles. The molecule has 34 heavy (non-hydrogen) atoms. The third-order valence-corrected chi connectivity index (χ3v) is 6.85. The van der Waals surface area contributed by atoms with Gasteiger partial charge in [-0.25, -0.2) is 4.98 Å². The molecule has 0 aliphatic heterocycles. The first-order valence-electron chi connectivity index (χ1n) is 12.3. The summed E-state index contributed by atoms with van der Waals surface area (Å²) in [6.45, 7) is 0. The second-order valence-electron chi connectivity index (χ2n) is 9.51. The Hall–Kier alpha value is -3.03. The van der Waals surface area contributed by atoms with Crippen molar-refractivity contribution < 1.29 is 14.3 Å². The number of nitrogens with zero attached hydrogens (tertiary/aromatic N) is 3. The van der Waals surface area contributed by atoms with E-state index in [0.29, 0.717) is 11.8 Å². The maximum absolute atomic E-state index is 12.7. The van der Waals surface area contributed by atoms with E-state index in [4.69, 9.17) is 19.4 Å². The minimum absolute atomic E-state index is 0.0107. The molecular formula is C26H37N5O3. The Kier molecular flexibility index (Phi) is 7.75. The van der Waals surface area contributed by atoms with Crippen LogP contribution in [-0.4, -0.2) is 56.3 Å². The summed E-state index contributed by atoms with van der Waals surface area (Å²) in [5, 5.41) is 6.78. The molecule has 4 rings (SSSR count). The number of amides is 1. The van der Waals surface area contributed by atoms with Gasteiger partial charge >= 0.3 is 0 Å². The number of ether oxygens (including phenoxy) is 2. The summed E-state index contributed by atoms with van der Waals surface area (Å²) in [6.07, 6.45) is 8.60. The highest BCUT2D eigenvalue weighted by molar-refractivity contribution is 5.79. The number of carbonyl (C=O) groups excluding carboxylic acids is 1. The molecule has 2 aliphatic rings. The number of rotatable bonds is 8. The first kappa shape index (κ1) is 24.1. The van der Waals surface area contributed by atoms with Gasteiger partial charge in [0, 0.05) is 37.3 Å². The molecule has 1 saturated carbocycles. The zero-order valence-electron chi connectivity index (χ0n) is 20.8. The Balaban J connectivity index is 1.31. The number of anilines is 2. The maximum atomic E-state index is 12.7. The predicted octanol–water partition coefficient (Wildman–Crippen LogP) is 3.52. The minimum atomic E-state index is 0.0107. The zero-order valence-corrected chi connectivity index (χ0v) is 20.8. The SMILES string of the molecule is COc1ccc(OC)c(CC(=O)NC2CCC(Nc3nc4c(c(N(C)C)n3)CCCC4)CC2)c1. The van der Waals surface area contributed by atoms with Crippen LogP contribution in [0.4, 0.5) is 11.8 Å². The van der Waals surface area contributed by atoms with Crippen molar-refractivity contribution in [3.05, 3.63) is 35.0 Å². The van der Waals surface area contributed by atoms with Gasteiger partial charge in [0.15, 0.2) is 0 Å².